The van der Waals surface area contributed by atoms with Crippen molar-refractivity contribution in [2.45, 2.75) is 11.3 Å². The maximum atomic E-state index is 11.4. The number of carbonyl (C=O) groups excluding carboxylic acids is 2. The number of rotatable bonds is 9. The van der Waals surface area contributed by atoms with Crippen molar-refractivity contribution in [2.24, 2.45) is 0 Å². The number of anilines is 3. The third-order valence-corrected chi connectivity index (χ3v) is 5.63. The molecular weight excluding hydrogens is 424 g/mol. The summed E-state index contributed by atoms with van der Waals surface area (Å²) in [4.78, 5) is 22.6. The van der Waals surface area contributed by atoms with Crippen LogP contribution in [0.3, 0.4) is 0 Å². The van der Waals surface area contributed by atoms with Crippen LogP contribution in [0.5, 0.6) is 5.75 Å². The Morgan fingerprint density at radius 3 is 2.60 bits per heavy atom. The van der Waals surface area contributed by atoms with Gasteiger partial charge in [-0.15, -0.1) is 10.2 Å². The molecule has 156 valence electrons. The largest absolute Gasteiger partial charge is 0.493 e. The molecule has 0 radical (unpaired) electrons. The standard InChI is InChI=1S/C20H20N4O4S2/c1-13(25)21-15-4-3-5-16(12-15)22-19-23-24-20(30-19)29-11-10-28-17-8-6-14(7-9-17)18(26)27-2/h3-9,12H,10-11H2,1-2H3,(H,21,25)(H,22,23). The summed E-state index contributed by atoms with van der Waals surface area (Å²) in [5.74, 6) is 0.885. The minimum Gasteiger partial charge on any atom is -0.493 e. The predicted octanol–water partition coefficient (Wildman–Crippen LogP) is 4.20. The fraction of sp³-hybridized carbons (Fsp3) is 0.200. The molecule has 0 aliphatic heterocycles. The van der Waals surface area contributed by atoms with Crippen LogP contribution in [0.1, 0.15) is 17.3 Å². The van der Waals surface area contributed by atoms with Crippen molar-refractivity contribution in [3.63, 3.8) is 0 Å². The highest BCUT2D eigenvalue weighted by atomic mass is 32.2. The number of benzene rings is 2. The molecule has 30 heavy (non-hydrogen) atoms. The lowest BCUT2D eigenvalue weighted by molar-refractivity contribution is -0.114. The van der Waals surface area contributed by atoms with Crippen molar-refractivity contribution in [1.29, 1.82) is 0 Å². The molecule has 0 fully saturated rings. The van der Waals surface area contributed by atoms with E-state index in [2.05, 4.69) is 25.6 Å². The van der Waals surface area contributed by atoms with E-state index in [0.29, 0.717) is 34.5 Å². The Balaban J connectivity index is 1.44. The first kappa shape index (κ1) is 21.6. The van der Waals surface area contributed by atoms with E-state index >= 15 is 0 Å². The normalized spacial score (nSPS) is 10.3. The number of esters is 1. The number of thioether (sulfide) groups is 1. The number of aromatic nitrogens is 2. The lowest BCUT2D eigenvalue weighted by Gasteiger charge is -2.06. The van der Waals surface area contributed by atoms with E-state index in [1.165, 1.54) is 25.4 Å². The Kier molecular flexibility index (Phi) is 7.63. The van der Waals surface area contributed by atoms with Crippen LogP contribution >= 0.6 is 23.1 Å². The fourth-order valence-electron chi connectivity index (χ4n) is 2.41. The molecular formula is C20H20N4O4S2. The molecule has 1 heterocycles. The van der Waals surface area contributed by atoms with Crippen molar-refractivity contribution in [2.75, 3.05) is 30.1 Å². The van der Waals surface area contributed by atoms with Crippen LogP contribution in [-0.4, -0.2) is 41.5 Å². The van der Waals surface area contributed by atoms with E-state index in [9.17, 15) is 9.59 Å². The van der Waals surface area contributed by atoms with Crippen LogP contribution in [0.15, 0.2) is 52.9 Å². The molecule has 10 heteroatoms. The number of methoxy groups -OCH3 is 1. The predicted molar refractivity (Wildman–Crippen MR) is 118 cm³/mol. The quantitative estimate of drug-likeness (QED) is 0.288. The zero-order chi connectivity index (χ0) is 21.3. The van der Waals surface area contributed by atoms with Crippen molar-refractivity contribution < 1.29 is 19.1 Å². The Morgan fingerprint density at radius 2 is 1.87 bits per heavy atom. The molecule has 2 N–H and O–H groups in total. The first-order valence-electron chi connectivity index (χ1n) is 8.95. The van der Waals surface area contributed by atoms with Crippen LogP contribution in [0, 0.1) is 0 Å². The number of nitrogens with one attached hydrogen (secondary N) is 2. The highest BCUT2D eigenvalue weighted by Gasteiger charge is 2.07. The molecule has 0 bridgehead atoms. The summed E-state index contributed by atoms with van der Waals surface area (Å²) in [6.45, 7) is 1.96. The molecule has 0 spiro atoms. The third-order valence-electron chi connectivity index (χ3n) is 3.69. The van der Waals surface area contributed by atoms with Crippen molar-refractivity contribution in [3.8, 4) is 5.75 Å². The molecule has 0 unspecified atom stereocenters. The summed E-state index contributed by atoms with van der Waals surface area (Å²) < 4.78 is 11.2. The van der Waals surface area contributed by atoms with Gasteiger partial charge in [-0.1, -0.05) is 29.2 Å². The second-order valence-electron chi connectivity index (χ2n) is 5.97. The summed E-state index contributed by atoms with van der Waals surface area (Å²) in [6, 6.07) is 14.2. The van der Waals surface area contributed by atoms with Gasteiger partial charge in [0.2, 0.25) is 11.0 Å². The van der Waals surface area contributed by atoms with Crippen molar-refractivity contribution >= 4 is 51.5 Å². The summed E-state index contributed by atoms with van der Waals surface area (Å²) in [6.07, 6.45) is 0. The van der Waals surface area contributed by atoms with E-state index < -0.39 is 0 Å². The molecule has 3 rings (SSSR count). The number of nitrogens with zero attached hydrogens (tertiary/aromatic N) is 2. The Bertz CT molecular complexity index is 1010. The lowest BCUT2D eigenvalue weighted by atomic mass is 10.2. The summed E-state index contributed by atoms with van der Waals surface area (Å²) in [5, 5.41) is 14.9. The van der Waals surface area contributed by atoms with Gasteiger partial charge in [-0.2, -0.15) is 0 Å². The second kappa shape index (κ2) is 10.6. The Labute approximate surface area is 182 Å². The fourth-order valence-corrected chi connectivity index (χ4v) is 4.07. The van der Waals surface area contributed by atoms with E-state index in [4.69, 9.17) is 4.74 Å². The molecule has 0 aliphatic rings. The zero-order valence-electron chi connectivity index (χ0n) is 16.4. The van der Waals surface area contributed by atoms with Gasteiger partial charge in [0.15, 0.2) is 4.34 Å². The van der Waals surface area contributed by atoms with E-state index in [-0.39, 0.29) is 11.9 Å². The molecule has 0 saturated heterocycles. The van der Waals surface area contributed by atoms with Gasteiger partial charge in [-0.3, -0.25) is 4.79 Å². The second-order valence-corrected chi connectivity index (χ2v) is 8.29. The van der Waals surface area contributed by atoms with Gasteiger partial charge in [0.25, 0.3) is 0 Å². The molecule has 0 aliphatic carbocycles. The average Bonchev–Trinajstić information content (AvgIpc) is 3.18. The zero-order valence-corrected chi connectivity index (χ0v) is 18.0. The smallest absolute Gasteiger partial charge is 0.337 e. The van der Waals surface area contributed by atoms with E-state index in [1.807, 2.05) is 24.3 Å². The summed E-state index contributed by atoms with van der Waals surface area (Å²) in [7, 11) is 1.35. The number of carbonyl (C=O) groups is 2. The van der Waals surface area contributed by atoms with E-state index in [0.717, 1.165) is 10.0 Å². The lowest BCUT2D eigenvalue weighted by Crippen LogP contribution is -2.05. The molecule has 0 saturated carbocycles. The highest BCUT2D eigenvalue weighted by molar-refractivity contribution is 8.01. The summed E-state index contributed by atoms with van der Waals surface area (Å²) in [5.41, 5.74) is 2.01. The molecule has 1 amide bonds. The summed E-state index contributed by atoms with van der Waals surface area (Å²) >= 11 is 2.98. The van der Waals surface area contributed by atoms with E-state index in [1.54, 1.807) is 36.0 Å². The van der Waals surface area contributed by atoms with Crippen LogP contribution in [-0.2, 0) is 9.53 Å². The Morgan fingerprint density at radius 1 is 1.10 bits per heavy atom. The van der Waals surface area contributed by atoms with Crippen LogP contribution in [0.25, 0.3) is 0 Å². The van der Waals surface area contributed by atoms with Crippen LogP contribution in [0.2, 0.25) is 0 Å². The molecule has 0 atom stereocenters. The highest BCUT2D eigenvalue weighted by Crippen LogP contribution is 2.28. The SMILES string of the molecule is COC(=O)c1ccc(OCCSc2nnc(Nc3cccc(NC(C)=O)c3)s2)cc1. The molecule has 2 aromatic carbocycles. The van der Waals surface area contributed by atoms with Gasteiger partial charge in [0.05, 0.1) is 19.3 Å². The van der Waals surface area contributed by atoms with Crippen molar-refractivity contribution in [1.82, 2.24) is 10.2 Å². The Hall–Kier alpha value is -3.11. The van der Waals surface area contributed by atoms with Gasteiger partial charge in [-0.25, -0.2) is 4.79 Å². The van der Waals surface area contributed by atoms with Crippen molar-refractivity contribution in [3.05, 3.63) is 54.1 Å². The number of ether oxygens (including phenoxy) is 2. The maximum absolute atomic E-state index is 11.4. The topological polar surface area (TPSA) is 102 Å². The van der Waals surface area contributed by atoms with Crippen LogP contribution in [0.4, 0.5) is 16.5 Å². The van der Waals surface area contributed by atoms with Gasteiger partial charge in [-0.05, 0) is 42.5 Å². The van der Waals surface area contributed by atoms with Gasteiger partial charge < -0.3 is 20.1 Å². The molecule has 3 aromatic rings. The first-order valence-corrected chi connectivity index (χ1v) is 10.8. The number of amides is 1. The minimum absolute atomic E-state index is 0.122. The van der Waals surface area contributed by atoms with Gasteiger partial charge in [0.1, 0.15) is 5.75 Å². The molecule has 8 nitrogen and oxygen atoms in total. The van der Waals surface area contributed by atoms with Crippen LogP contribution < -0.4 is 15.4 Å². The average molecular weight is 445 g/mol. The minimum atomic E-state index is -0.375. The number of hydrogen-bond donors (Lipinski definition) is 2. The van der Waals surface area contributed by atoms with Gasteiger partial charge in [0, 0.05) is 24.1 Å². The number of hydrogen-bond acceptors (Lipinski definition) is 9. The maximum Gasteiger partial charge on any atom is 0.337 e. The monoisotopic (exact) mass is 444 g/mol. The third kappa shape index (κ3) is 6.46. The van der Waals surface area contributed by atoms with Gasteiger partial charge >= 0.3 is 5.97 Å². The molecule has 1 aromatic heterocycles. The first-order chi connectivity index (χ1) is 14.5.